The van der Waals surface area contributed by atoms with E-state index in [1.165, 1.54) is 0 Å². The number of aryl methyl sites for hydroxylation is 1. The van der Waals surface area contributed by atoms with E-state index in [0.717, 1.165) is 36.7 Å². The molecule has 0 saturated carbocycles. The van der Waals surface area contributed by atoms with Crippen molar-refractivity contribution in [3.8, 4) is 22.8 Å². The van der Waals surface area contributed by atoms with Crippen molar-refractivity contribution >= 4 is 5.91 Å². The zero-order chi connectivity index (χ0) is 21.9. The van der Waals surface area contributed by atoms with Gasteiger partial charge in [0.05, 0.1) is 17.5 Å². The second-order valence-corrected chi connectivity index (χ2v) is 7.94. The maximum absolute atomic E-state index is 13.3. The fourth-order valence-corrected chi connectivity index (χ4v) is 3.99. The minimum atomic E-state index is -0.00279. The van der Waals surface area contributed by atoms with Crippen LogP contribution in [0.3, 0.4) is 0 Å². The smallest absolute Gasteiger partial charge is 0.254 e. The van der Waals surface area contributed by atoms with E-state index in [4.69, 9.17) is 8.94 Å². The lowest BCUT2D eigenvalue weighted by Crippen LogP contribution is -2.48. The van der Waals surface area contributed by atoms with Gasteiger partial charge in [-0.2, -0.15) is 0 Å². The molecule has 3 heterocycles. The standard InChI is InChI=1S/C25H24N4O3/c1-18-15-20(27-32-18)17-28-11-13-29(14-12-28)25(30)22-10-6-5-9-21(22)24-26-16-23(31-24)19-7-3-2-4-8-19/h2-10,15-16H,11-14,17H2,1H3. The first-order valence-electron chi connectivity index (χ1n) is 10.7. The van der Waals surface area contributed by atoms with Gasteiger partial charge in [0.1, 0.15) is 5.76 Å². The largest absolute Gasteiger partial charge is 0.436 e. The molecule has 7 heteroatoms. The molecule has 7 nitrogen and oxygen atoms in total. The van der Waals surface area contributed by atoms with Crippen molar-refractivity contribution in [2.45, 2.75) is 13.5 Å². The van der Waals surface area contributed by atoms with E-state index in [9.17, 15) is 4.79 Å². The highest BCUT2D eigenvalue weighted by Crippen LogP contribution is 2.29. The van der Waals surface area contributed by atoms with Crippen LogP contribution in [-0.4, -0.2) is 52.0 Å². The lowest BCUT2D eigenvalue weighted by Gasteiger charge is -2.34. The minimum Gasteiger partial charge on any atom is -0.436 e. The third kappa shape index (κ3) is 4.20. The zero-order valence-electron chi connectivity index (χ0n) is 17.9. The molecule has 0 atom stereocenters. The molecule has 1 fully saturated rings. The molecule has 0 N–H and O–H groups in total. The average molecular weight is 428 g/mol. The second-order valence-electron chi connectivity index (χ2n) is 7.94. The minimum absolute atomic E-state index is 0.00279. The highest BCUT2D eigenvalue weighted by atomic mass is 16.5. The molecule has 162 valence electrons. The van der Waals surface area contributed by atoms with E-state index in [1.807, 2.05) is 72.5 Å². The van der Waals surface area contributed by atoms with Gasteiger partial charge in [-0.25, -0.2) is 4.98 Å². The molecule has 0 unspecified atom stereocenters. The summed E-state index contributed by atoms with van der Waals surface area (Å²) in [7, 11) is 0. The summed E-state index contributed by atoms with van der Waals surface area (Å²) in [5.74, 6) is 1.94. The van der Waals surface area contributed by atoms with Crippen LogP contribution in [0.15, 0.2) is 75.8 Å². The van der Waals surface area contributed by atoms with E-state index in [0.29, 0.717) is 35.9 Å². The van der Waals surface area contributed by atoms with E-state index >= 15 is 0 Å². The van der Waals surface area contributed by atoms with Crippen molar-refractivity contribution < 1.29 is 13.7 Å². The number of hydrogen-bond acceptors (Lipinski definition) is 6. The van der Waals surface area contributed by atoms with Gasteiger partial charge in [-0.3, -0.25) is 9.69 Å². The second kappa shape index (κ2) is 8.80. The van der Waals surface area contributed by atoms with Gasteiger partial charge < -0.3 is 13.8 Å². The molecule has 5 rings (SSSR count). The van der Waals surface area contributed by atoms with E-state index in [2.05, 4.69) is 15.0 Å². The molecule has 0 bridgehead atoms. The number of aromatic nitrogens is 2. The summed E-state index contributed by atoms with van der Waals surface area (Å²) in [5, 5.41) is 4.07. The predicted octanol–water partition coefficient (Wildman–Crippen LogP) is 4.26. The van der Waals surface area contributed by atoms with Crippen molar-refractivity contribution in [3.05, 3.63) is 83.9 Å². The highest BCUT2D eigenvalue weighted by molar-refractivity contribution is 6.00. The molecule has 4 aromatic rings. The molecular weight excluding hydrogens is 404 g/mol. The first kappa shape index (κ1) is 20.2. The number of hydrogen-bond donors (Lipinski definition) is 0. The maximum atomic E-state index is 13.3. The zero-order valence-corrected chi connectivity index (χ0v) is 17.9. The molecule has 0 radical (unpaired) electrons. The van der Waals surface area contributed by atoms with Gasteiger partial charge in [-0.1, -0.05) is 47.6 Å². The molecule has 1 saturated heterocycles. The monoisotopic (exact) mass is 428 g/mol. The number of oxazole rings is 1. The summed E-state index contributed by atoms with van der Waals surface area (Å²) in [6.07, 6.45) is 1.70. The topological polar surface area (TPSA) is 75.6 Å². The van der Waals surface area contributed by atoms with Gasteiger partial charge in [0.2, 0.25) is 5.89 Å². The Bertz CT molecular complexity index is 1210. The van der Waals surface area contributed by atoms with Gasteiger partial charge in [0.15, 0.2) is 5.76 Å². The van der Waals surface area contributed by atoms with Gasteiger partial charge in [0.25, 0.3) is 5.91 Å². The van der Waals surface area contributed by atoms with Crippen LogP contribution in [0.5, 0.6) is 0 Å². The van der Waals surface area contributed by atoms with E-state index in [1.54, 1.807) is 6.20 Å². The third-order valence-corrected chi connectivity index (χ3v) is 5.67. The Morgan fingerprint density at radius 3 is 2.50 bits per heavy atom. The van der Waals surface area contributed by atoms with Crippen LogP contribution in [0.1, 0.15) is 21.8 Å². The van der Waals surface area contributed by atoms with Crippen LogP contribution >= 0.6 is 0 Å². The molecule has 2 aromatic carbocycles. The van der Waals surface area contributed by atoms with E-state index < -0.39 is 0 Å². The molecule has 0 aliphatic carbocycles. The summed E-state index contributed by atoms with van der Waals surface area (Å²) < 4.78 is 11.2. The summed E-state index contributed by atoms with van der Waals surface area (Å²) in [5.41, 5.74) is 3.19. The van der Waals surface area contributed by atoms with Gasteiger partial charge in [0, 0.05) is 49.9 Å². The van der Waals surface area contributed by atoms with Crippen LogP contribution in [0, 0.1) is 6.92 Å². The van der Waals surface area contributed by atoms with Gasteiger partial charge in [-0.05, 0) is 19.1 Å². The van der Waals surface area contributed by atoms with Gasteiger partial charge in [-0.15, -0.1) is 0 Å². The SMILES string of the molecule is Cc1cc(CN2CCN(C(=O)c3ccccc3-c3ncc(-c4ccccc4)o3)CC2)no1. The fourth-order valence-electron chi connectivity index (χ4n) is 3.99. The van der Waals surface area contributed by atoms with Crippen LogP contribution in [0.2, 0.25) is 0 Å². The quantitative estimate of drug-likeness (QED) is 0.473. The Morgan fingerprint density at radius 2 is 1.75 bits per heavy atom. The van der Waals surface area contributed by atoms with Crippen molar-refractivity contribution in [3.63, 3.8) is 0 Å². The Balaban J connectivity index is 1.30. The Kier molecular flexibility index (Phi) is 5.56. The maximum Gasteiger partial charge on any atom is 0.254 e. The fraction of sp³-hybridized carbons (Fsp3) is 0.240. The molecule has 1 amide bonds. The number of rotatable bonds is 5. The number of amides is 1. The van der Waals surface area contributed by atoms with Crippen LogP contribution in [0.4, 0.5) is 0 Å². The van der Waals surface area contributed by atoms with Crippen molar-refractivity contribution in [1.82, 2.24) is 19.9 Å². The van der Waals surface area contributed by atoms with Crippen LogP contribution < -0.4 is 0 Å². The van der Waals surface area contributed by atoms with Crippen molar-refractivity contribution in [1.29, 1.82) is 0 Å². The Morgan fingerprint density at radius 1 is 1.00 bits per heavy atom. The van der Waals surface area contributed by atoms with Crippen molar-refractivity contribution in [2.75, 3.05) is 26.2 Å². The van der Waals surface area contributed by atoms with Crippen molar-refractivity contribution in [2.24, 2.45) is 0 Å². The lowest BCUT2D eigenvalue weighted by molar-refractivity contribution is 0.0626. The molecular formula is C25H24N4O3. The Hall–Kier alpha value is -3.71. The van der Waals surface area contributed by atoms with Crippen LogP contribution in [0.25, 0.3) is 22.8 Å². The average Bonchev–Trinajstić information content (AvgIpc) is 3.49. The molecule has 1 aliphatic heterocycles. The van der Waals surface area contributed by atoms with Crippen LogP contribution in [-0.2, 0) is 6.54 Å². The summed E-state index contributed by atoms with van der Waals surface area (Å²) in [4.78, 5) is 22.0. The normalized spacial score (nSPS) is 14.6. The lowest BCUT2D eigenvalue weighted by atomic mass is 10.1. The molecule has 32 heavy (non-hydrogen) atoms. The van der Waals surface area contributed by atoms with Gasteiger partial charge >= 0.3 is 0 Å². The predicted molar refractivity (Wildman–Crippen MR) is 120 cm³/mol. The summed E-state index contributed by atoms with van der Waals surface area (Å²) in [6, 6.07) is 19.3. The van der Waals surface area contributed by atoms with E-state index in [-0.39, 0.29) is 5.91 Å². The number of piperazine rings is 1. The Labute approximate surface area is 186 Å². The molecule has 2 aromatic heterocycles. The first-order chi connectivity index (χ1) is 15.7. The number of carbonyl (C=O) groups excluding carboxylic acids is 1. The molecule has 1 aliphatic rings. The third-order valence-electron chi connectivity index (χ3n) is 5.67. The number of nitrogens with zero attached hydrogens (tertiary/aromatic N) is 4. The first-order valence-corrected chi connectivity index (χ1v) is 10.7. The number of carbonyl (C=O) groups is 1. The summed E-state index contributed by atoms with van der Waals surface area (Å²) >= 11 is 0. The number of benzene rings is 2. The highest BCUT2D eigenvalue weighted by Gasteiger charge is 2.25. The summed E-state index contributed by atoms with van der Waals surface area (Å²) in [6.45, 7) is 5.51. The molecule has 0 spiro atoms.